The maximum absolute atomic E-state index is 10.2. The highest BCUT2D eigenvalue weighted by molar-refractivity contribution is 4.85. The molecular weight excluding hydrogens is 248 g/mol. The van der Waals surface area contributed by atoms with E-state index in [4.69, 9.17) is 0 Å². The van der Waals surface area contributed by atoms with Gasteiger partial charge in [-0.1, -0.05) is 27.2 Å². The molecule has 0 amide bonds. The van der Waals surface area contributed by atoms with Crippen molar-refractivity contribution in [2.75, 3.05) is 32.7 Å². The lowest BCUT2D eigenvalue weighted by Crippen LogP contribution is -2.43. The number of nitrogens with zero attached hydrogens (tertiary/aromatic N) is 1. The van der Waals surface area contributed by atoms with Gasteiger partial charge < -0.3 is 15.3 Å². The molecule has 0 spiro atoms. The summed E-state index contributed by atoms with van der Waals surface area (Å²) in [6.07, 6.45) is 6.71. The number of aliphatic hydroxyl groups is 1. The van der Waals surface area contributed by atoms with Crippen LogP contribution in [-0.4, -0.2) is 48.3 Å². The minimum Gasteiger partial charge on any atom is -0.390 e. The predicted molar refractivity (Wildman–Crippen MR) is 87.1 cm³/mol. The standard InChI is InChI=1S/C17H36N2O/c1-5-8-16(3,14-18-11-6-2)15-19-12-7-9-17(4,20)10-13-19/h18,20H,5-15H2,1-4H3. The summed E-state index contributed by atoms with van der Waals surface area (Å²) < 4.78 is 0. The molecule has 3 heteroatoms. The third-order valence-electron chi connectivity index (χ3n) is 4.59. The summed E-state index contributed by atoms with van der Waals surface area (Å²) in [4.78, 5) is 2.57. The van der Waals surface area contributed by atoms with Crippen molar-refractivity contribution in [3.05, 3.63) is 0 Å². The van der Waals surface area contributed by atoms with Gasteiger partial charge in [0.05, 0.1) is 5.60 Å². The minimum atomic E-state index is -0.448. The Morgan fingerprint density at radius 3 is 2.60 bits per heavy atom. The van der Waals surface area contributed by atoms with Crippen molar-refractivity contribution < 1.29 is 5.11 Å². The summed E-state index contributed by atoms with van der Waals surface area (Å²) in [5.74, 6) is 0. The third-order valence-corrected chi connectivity index (χ3v) is 4.59. The van der Waals surface area contributed by atoms with Crippen molar-refractivity contribution in [2.45, 2.75) is 71.8 Å². The van der Waals surface area contributed by atoms with Crippen LogP contribution in [0.2, 0.25) is 0 Å². The molecule has 1 aliphatic heterocycles. The Labute approximate surface area is 126 Å². The van der Waals surface area contributed by atoms with Crippen LogP contribution in [0.3, 0.4) is 0 Å². The summed E-state index contributed by atoms with van der Waals surface area (Å²) in [6.45, 7) is 14.5. The first-order valence-corrected chi connectivity index (χ1v) is 8.56. The lowest BCUT2D eigenvalue weighted by molar-refractivity contribution is 0.0427. The summed E-state index contributed by atoms with van der Waals surface area (Å²) >= 11 is 0. The van der Waals surface area contributed by atoms with Crippen LogP contribution in [-0.2, 0) is 0 Å². The van der Waals surface area contributed by atoms with Gasteiger partial charge in [-0.25, -0.2) is 0 Å². The molecule has 120 valence electrons. The van der Waals surface area contributed by atoms with Crippen LogP contribution in [0.4, 0.5) is 0 Å². The second kappa shape index (κ2) is 8.35. The Balaban J connectivity index is 2.51. The van der Waals surface area contributed by atoms with Crippen molar-refractivity contribution >= 4 is 0 Å². The average molecular weight is 284 g/mol. The van der Waals surface area contributed by atoms with Crippen LogP contribution in [0, 0.1) is 5.41 Å². The highest BCUT2D eigenvalue weighted by atomic mass is 16.3. The van der Waals surface area contributed by atoms with E-state index >= 15 is 0 Å². The molecule has 1 heterocycles. The van der Waals surface area contributed by atoms with Gasteiger partial charge in [0.25, 0.3) is 0 Å². The van der Waals surface area contributed by atoms with Crippen LogP contribution in [0.15, 0.2) is 0 Å². The Kier molecular flexibility index (Phi) is 7.49. The Bertz CT molecular complexity index is 268. The van der Waals surface area contributed by atoms with Crippen molar-refractivity contribution in [3.63, 3.8) is 0 Å². The van der Waals surface area contributed by atoms with Gasteiger partial charge in [-0.3, -0.25) is 0 Å². The van der Waals surface area contributed by atoms with E-state index < -0.39 is 5.60 Å². The second-order valence-electron chi connectivity index (χ2n) is 7.36. The molecular formula is C17H36N2O. The normalized spacial score (nSPS) is 28.1. The van der Waals surface area contributed by atoms with Crippen LogP contribution in [0.5, 0.6) is 0 Å². The zero-order chi connectivity index (χ0) is 15.1. The van der Waals surface area contributed by atoms with E-state index in [0.29, 0.717) is 5.41 Å². The molecule has 0 aromatic carbocycles. The SMILES string of the molecule is CCCNCC(C)(CCC)CN1CCCC(C)(O)CC1. The minimum absolute atomic E-state index is 0.361. The van der Waals surface area contributed by atoms with E-state index in [1.807, 2.05) is 6.92 Å². The number of hydrogen-bond donors (Lipinski definition) is 2. The third kappa shape index (κ3) is 6.55. The molecule has 2 unspecified atom stereocenters. The van der Waals surface area contributed by atoms with Gasteiger partial charge in [-0.15, -0.1) is 0 Å². The molecule has 1 fully saturated rings. The molecule has 0 bridgehead atoms. The van der Waals surface area contributed by atoms with Crippen LogP contribution in [0.25, 0.3) is 0 Å². The van der Waals surface area contributed by atoms with Crippen molar-refractivity contribution in [2.24, 2.45) is 5.41 Å². The van der Waals surface area contributed by atoms with Gasteiger partial charge in [0, 0.05) is 19.6 Å². The molecule has 3 nitrogen and oxygen atoms in total. The van der Waals surface area contributed by atoms with Gasteiger partial charge in [-0.2, -0.15) is 0 Å². The fourth-order valence-corrected chi connectivity index (χ4v) is 3.41. The van der Waals surface area contributed by atoms with Crippen LogP contribution in [0.1, 0.15) is 66.2 Å². The number of nitrogens with one attached hydrogen (secondary N) is 1. The number of rotatable bonds is 8. The van der Waals surface area contributed by atoms with Gasteiger partial charge in [0.1, 0.15) is 0 Å². The van der Waals surface area contributed by atoms with E-state index in [2.05, 4.69) is 31.0 Å². The summed E-state index contributed by atoms with van der Waals surface area (Å²) in [6, 6.07) is 0. The zero-order valence-corrected chi connectivity index (χ0v) is 14.2. The number of hydrogen-bond acceptors (Lipinski definition) is 3. The van der Waals surface area contributed by atoms with Crippen molar-refractivity contribution in [1.29, 1.82) is 0 Å². The highest BCUT2D eigenvalue weighted by Crippen LogP contribution is 2.27. The molecule has 0 aliphatic carbocycles. The molecule has 1 saturated heterocycles. The molecule has 20 heavy (non-hydrogen) atoms. The molecule has 2 N–H and O–H groups in total. The fourth-order valence-electron chi connectivity index (χ4n) is 3.41. The summed E-state index contributed by atoms with van der Waals surface area (Å²) in [5.41, 5.74) is -0.0868. The topological polar surface area (TPSA) is 35.5 Å². The lowest BCUT2D eigenvalue weighted by atomic mass is 9.84. The first-order valence-electron chi connectivity index (χ1n) is 8.56. The smallest absolute Gasteiger partial charge is 0.0632 e. The Hall–Kier alpha value is -0.120. The van der Waals surface area contributed by atoms with Gasteiger partial charge >= 0.3 is 0 Å². The molecule has 0 radical (unpaired) electrons. The summed E-state index contributed by atoms with van der Waals surface area (Å²) in [5, 5.41) is 13.8. The lowest BCUT2D eigenvalue weighted by Gasteiger charge is -2.35. The summed E-state index contributed by atoms with van der Waals surface area (Å²) in [7, 11) is 0. The highest BCUT2D eigenvalue weighted by Gasteiger charge is 2.30. The van der Waals surface area contributed by atoms with E-state index in [0.717, 1.165) is 52.0 Å². The van der Waals surface area contributed by atoms with Gasteiger partial charge in [0.2, 0.25) is 0 Å². The van der Waals surface area contributed by atoms with Crippen LogP contribution < -0.4 is 5.32 Å². The average Bonchev–Trinajstić information content (AvgIpc) is 2.51. The number of likely N-dealkylation sites (tertiary alicyclic amines) is 1. The van der Waals surface area contributed by atoms with Crippen molar-refractivity contribution in [3.8, 4) is 0 Å². The molecule has 2 atom stereocenters. The van der Waals surface area contributed by atoms with E-state index in [-0.39, 0.29) is 0 Å². The maximum atomic E-state index is 10.2. The molecule has 0 aromatic heterocycles. The Morgan fingerprint density at radius 2 is 1.95 bits per heavy atom. The van der Waals surface area contributed by atoms with Crippen molar-refractivity contribution in [1.82, 2.24) is 10.2 Å². The van der Waals surface area contributed by atoms with Crippen LogP contribution >= 0.6 is 0 Å². The largest absolute Gasteiger partial charge is 0.390 e. The van der Waals surface area contributed by atoms with Gasteiger partial charge in [-0.05, 0) is 57.5 Å². The quantitative estimate of drug-likeness (QED) is 0.673. The second-order valence-corrected chi connectivity index (χ2v) is 7.36. The fraction of sp³-hybridized carbons (Fsp3) is 1.00. The zero-order valence-electron chi connectivity index (χ0n) is 14.2. The molecule has 0 aromatic rings. The Morgan fingerprint density at radius 1 is 1.20 bits per heavy atom. The molecule has 1 rings (SSSR count). The van der Waals surface area contributed by atoms with Gasteiger partial charge in [0.15, 0.2) is 0 Å². The van der Waals surface area contributed by atoms with E-state index in [1.54, 1.807) is 0 Å². The first-order chi connectivity index (χ1) is 9.41. The monoisotopic (exact) mass is 284 g/mol. The maximum Gasteiger partial charge on any atom is 0.0632 e. The van der Waals surface area contributed by atoms with E-state index in [1.165, 1.54) is 19.3 Å². The van der Waals surface area contributed by atoms with E-state index in [9.17, 15) is 5.11 Å². The molecule has 1 aliphatic rings. The molecule has 0 saturated carbocycles. The predicted octanol–water partition coefficient (Wildman–Crippen LogP) is 3.03. The first kappa shape index (κ1) is 17.9.